The summed E-state index contributed by atoms with van der Waals surface area (Å²) < 4.78 is 8.90. The lowest BCUT2D eigenvalue weighted by molar-refractivity contribution is 0.0950. The van der Waals surface area contributed by atoms with Crippen molar-refractivity contribution in [1.29, 1.82) is 0 Å². The van der Waals surface area contributed by atoms with Gasteiger partial charge in [-0.25, -0.2) is 14.6 Å². The van der Waals surface area contributed by atoms with E-state index in [-0.39, 0.29) is 11.9 Å². The van der Waals surface area contributed by atoms with Gasteiger partial charge >= 0.3 is 0 Å². The van der Waals surface area contributed by atoms with E-state index in [1.807, 2.05) is 21.4 Å². The Hall–Kier alpha value is -3.00. The molecule has 8 heteroatoms. The number of nitrogens with one attached hydrogen (secondary N) is 1. The van der Waals surface area contributed by atoms with E-state index in [0.29, 0.717) is 25.3 Å². The normalized spacial score (nSPS) is 11.1. The largest absolute Gasteiger partial charge is 0.383 e. The van der Waals surface area contributed by atoms with Crippen LogP contribution < -0.4 is 5.32 Å². The Bertz CT molecular complexity index is 882. The number of benzene rings is 1. The van der Waals surface area contributed by atoms with E-state index in [9.17, 15) is 4.79 Å². The van der Waals surface area contributed by atoms with Crippen LogP contribution in [0.3, 0.4) is 0 Å². The molecule has 1 amide bonds. The van der Waals surface area contributed by atoms with Gasteiger partial charge in [0.2, 0.25) is 0 Å². The molecular weight excluding hydrogens is 344 g/mol. The first-order valence-electron chi connectivity index (χ1n) is 8.86. The number of methoxy groups -OCH3 is 1. The van der Waals surface area contributed by atoms with Crippen LogP contribution in [0.25, 0.3) is 11.4 Å². The molecule has 0 aliphatic carbocycles. The number of ether oxygens (including phenoxy) is 1. The summed E-state index contributed by atoms with van der Waals surface area (Å²) in [6.45, 7) is 5.81. The number of carbonyl (C=O) groups is 1. The second kappa shape index (κ2) is 8.59. The summed E-state index contributed by atoms with van der Waals surface area (Å²) in [5, 5.41) is 7.17. The van der Waals surface area contributed by atoms with Crippen molar-refractivity contribution >= 4 is 5.91 Å². The van der Waals surface area contributed by atoms with Crippen molar-refractivity contribution in [3.63, 3.8) is 0 Å². The van der Waals surface area contributed by atoms with Crippen LogP contribution in [-0.2, 0) is 17.8 Å². The van der Waals surface area contributed by atoms with Gasteiger partial charge < -0.3 is 14.6 Å². The van der Waals surface area contributed by atoms with Gasteiger partial charge in [0.05, 0.1) is 25.2 Å². The number of rotatable bonds is 8. The predicted octanol–water partition coefficient (Wildman–Crippen LogP) is 2.30. The lowest BCUT2D eigenvalue weighted by Crippen LogP contribution is -2.24. The van der Waals surface area contributed by atoms with Crippen LogP contribution in [-0.4, -0.2) is 43.9 Å². The molecule has 0 aliphatic heterocycles. The highest BCUT2D eigenvalue weighted by Gasteiger charge is 2.12. The van der Waals surface area contributed by atoms with Gasteiger partial charge in [0.15, 0.2) is 5.82 Å². The second-order valence-corrected chi connectivity index (χ2v) is 6.45. The Morgan fingerprint density at radius 2 is 2.04 bits per heavy atom. The maximum Gasteiger partial charge on any atom is 0.251 e. The molecule has 0 fully saturated rings. The van der Waals surface area contributed by atoms with E-state index < -0.39 is 0 Å². The highest BCUT2D eigenvalue weighted by molar-refractivity contribution is 5.94. The van der Waals surface area contributed by atoms with Crippen molar-refractivity contribution in [2.75, 3.05) is 13.7 Å². The van der Waals surface area contributed by atoms with E-state index in [4.69, 9.17) is 4.74 Å². The lowest BCUT2D eigenvalue weighted by Gasteiger charge is -2.10. The smallest absolute Gasteiger partial charge is 0.251 e. The second-order valence-electron chi connectivity index (χ2n) is 6.45. The average molecular weight is 368 g/mol. The Morgan fingerprint density at radius 1 is 1.26 bits per heavy atom. The third kappa shape index (κ3) is 4.40. The van der Waals surface area contributed by atoms with Crippen molar-refractivity contribution in [3.05, 3.63) is 54.4 Å². The van der Waals surface area contributed by atoms with Gasteiger partial charge in [-0.3, -0.25) is 4.79 Å². The minimum Gasteiger partial charge on any atom is -0.383 e. The predicted molar refractivity (Wildman–Crippen MR) is 101 cm³/mol. The van der Waals surface area contributed by atoms with Crippen LogP contribution >= 0.6 is 0 Å². The number of aromatic nitrogens is 5. The van der Waals surface area contributed by atoms with Gasteiger partial charge in [-0.05, 0) is 26.0 Å². The topological polar surface area (TPSA) is 86.9 Å². The van der Waals surface area contributed by atoms with Crippen LogP contribution in [0, 0.1) is 0 Å². The van der Waals surface area contributed by atoms with Crippen LogP contribution in [0.5, 0.6) is 0 Å². The zero-order chi connectivity index (χ0) is 19.2. The number of nitrogens with zero attached hydrogens (tertiary/aromatic N) is 5. The summed E-state index contributed by atoms with van der Waals surface area (Å²) in [4.78, 5) is 20.9. The molecule has 3 aromatic rings. The summed E-state index contributed by atoms with van der Waals surface area (Å²) in [6, 6.07) is 7.59. The molecule has 0 bridgehead atoms. The first kappa shape index (κ1) is 18.8. The fourth-order valence-electron chi connectivity index (χ4n) is 2.76. The zero-order valence-corrected chi connectivity index (χ0v) is 15.8. The summed E-state index contributed by atoms with van der Waals surface area (Å²) >= 11 is 0. The number of hydrogen-bond donors (Lipinski definition) is 1. The molecule has 1 aromatic carbocycles. The number of carbonyl (C=O) groups excluding carboxylic acids is 1. The van der Waals surface area contributed by atoms with Crippen LogP contribution in [0.1, 0.15) is 35.9 Å². The number of imidazole rings is 1. The summed E-state index contributed by atoms with van der Waals surface area (Å²) in [5.41, 5.74) is 2.45. The molecule has 3 rings (SSSR count). The third-order valence-corrected chi connectivity index (χ3v) is 4.23. The quantitative estimate of drug-likeness (QED) is 0.659. The molecule has 0 radical (unpaired) electrons. The molecule has 0 unspecified atom stereocenters. The van der Waals surface area contributed by atoms with E-state index in [2.05, 4.69) is 34.2 Å². The maximum atomic E-state index is 12.4. The third-order valence-electron chi connectivity index (χ3n) is 4.23. The van der Waals surface area contributed by atoms with Gasteiger partial charge in [0.1, 0.15) is 6.33 Å². The van der Waals surface area contributed by atoms with Crippen molar-refractivity contribution in [2.24, 2.45) is 0 Å². The average Bonchev–Trinajstić information content (AvgIpc) is 3.34. The molecule has 1 N–H and O–H groups in total. The molecule has 27 heavy (non-hydrogen) atoms. The minimum atomic E-state index is -0.133. The highest BCUT2D eigenvalue weighted by Crippen LogP contribution is 2.20. The van der Waals surface area contributed by atoms with Crippen molar-refractivity contribution in [2.45, 2.75) is 33.0 Å². The summed E-state index contributed by atoms with van der Waals surface area (Å²) in [6.07, 6.45) is 5.03. The molecule has 0 aliphatic rings. The molecule has 0 saturated heterocycles. The van der Waals surface area contributed by atoms with E-state index in [1.54, 1.807) is 38.1 Å². The van der Waals surface area contributed by atoms with E-state index >= 15 is 0 Å². The monoisotopic (exact) mass is 368 g/mol. The van der Waals surface area contributed by atoms with Crippen molar-refractivity contribution < 1.29 is 9.53 Å². The first-order chi connectivity index (χ1) is 13.1. The van der Waals surface area contributed by atoms with E-state index in [1.165, 1.54) is 0 Å². The van der Waals surface area contributed by atoms with Crippen LogP contribution in [0.4, 0.5) is 0 Å². The van der Waals surface area contributed by atoms with Gasteiger partial charge in [-0.15, -0.1) is 0 Å². The van der Waals surface area contributed by atoms with Gasteiger partial charge in [0, 0.05) is 37.0 Å². The molecule has 0 atom stereocenters. The molecule has 0 saturated carbocycles. The Morgan fingerprint density at radius 3 is 2.74 bits per heavy atom. The van der Waals surface area contributed by atoms with Gasteiger partial charge in [-0.1, -0.05) is 12.1 Å². The van der Waals surface area contributed by atoms with Crippen LogP contribution in [0.15, 0.2) is 43.1 Å². The summed E-state index contributed by atoms with van der Waals surface area (Å²) in [5.74, 6) is 0.658. The molecular formula is C19H24N6O2. The van der Waals surface area contributed by atoms with Gasteiger partial charge in [0.25, 0.3) is 5.91 Å². The van der Waals surface area contributed by atoms with Crippen LogP contribution in [0.2, 0.25) is 0 Å². The Balaban J connectivity index is 1.64. The minimum absolute atomic E-state index is 0.133. The molecule has 2 heterocycles. The van der Waals surface area contributed by atoms with E-state index in [0.717, 1.165) is 17.1 Å². The molecule has 2 aromatic heterocycles. The summed E-state index contributed by atoms with van der Waals surface area (Å²) in [7, 11) is 1.66. The fourth-order valence-corrected chi connectivity index (χ4v) is 2.76. The lowest BCUT2D eigenvalue weighted by atomic mass is 10.1. The molecule has 8 nitrogen and oxygen atoms in total. The first-order valence-corrected chi connectivity index (χ1v) is 8.86. The highest BCUT2D eigenvalue weighted by atomic mass is 16.5. The number of hydrogen-bond acceptors (Lipinski definition) is 5. The standard InChI is InChI=1S/C19H24N6O2/c1-14(2)25-18(22-12-23-25)15-4-6-16(7-5-15)19(26)21-11-17-10-20-13-24(17)8-9-27-3/h4-7,10,12-14H,8-9,11H2,1-3H3,(H,21,26). The SMILES string of the molecule is COCCn1cncc1CNC(=O)c1ccc(-c2ncnn2C(C)C)cc1. The zero-order valence-electron chi connectivity index (χ0n) is 15.8. The Kier molecular flexibility index (Phi) is 5.97. The number of amides is 1. The van der Waals surface area contributed by atoms with Crippen molar-refractivity contribution in [3.8, 4) is 11.4 Å². The maximum absolute atomic E-state index is 12.4. The Labute approximate surface area is 158 Å². The fraction of sp³-hybridized carbons (Fsp3) is 0.368. The van der Waals surface area contributed by atoms with Crippen molar-refractivity contribution in [1.82, 2.24) is 29.6 Å². The van der Waals surface area contributed by atoms with Gasteiger partial charge in [-0.2, -0.15) is 5.10 Å². The molecule has 0 spiro atoms. The molecule has 142 valence electrons.